The largest absolute Gasteiger partial charge is 0.383 e. The predicted molar refractivity (Wildman–Crippen MR) is 37.8 cm³/mol. The van der Waals surface area contributed by atoms with E-state index < -0.39 is 5.69 Å². The molecule has 0 saturated carbocycles. The molecule has 0 fully saturated rings. The lowest BCUT2D eigenvalue weighted by Gasteiger charge is -1.97. The zero-order valence-electron chi connectivity index (χ0n) is 5.76. The smallest absolute Gasteiger partial charge is 0.347 e. The maximum atomic E-state index is 10.7. The minimum absolute atomic E-state index is 0.279. The van der Waals surface area contributed by atoms with Gasteiger partial charge in [0.15, 0.2) is 0 Å². The molecule has 0 aromatic carbocycles. The Morgan fingerprint density at radius 1 is 1.55 bits per heavy atom. The van der Waals surface area contributed by atoms with Crippen LogP contribution in [-0.4, -0.2) is 9.97 Å². The predicted octanol–water partition coefficient (Wildman–Crippen LogP) is -0.618. The van der Waals surface area contributed by atoms with Crippen molar-refractivity contribution >= 4 is 5.82 Å². The van der Waals surface area contributed by atoms with Crippen LogP contribution in [0.2, 0.25) is 0 Å². The fourth-order valence-electron chi connectivity index (χ4n) is 1.10. The number of aromatic nitrogens is 2. The number of hydrogen-bond acceptors (Lipinski definition) is 4. The van der Waals surface area contributed by atoms with Crippen LogP contribution in [0.25, 0.3) is 0 Å². The maximum absolute atomic E-state index is 10.7. The molecule has 0 saturated heterocycles. The summed E-state index contributed by atoms with van der Waals surface area (Å²) in [7, 11) is 0. The number of H-pyrrole nitrogens is 1. The number of nitrogen functional groups attached to an aromatic ring is 1. The summed E-state index contributed by atoms with van der Waals surface area (Å²) in [6, 6.07) is 0. The molecule has 1 aromatic heterocycles. The van der Waals surface area contributed by atoms with E-state index in [2.05, 4.69) is 9.97 Å². The van der Waals surface area contributed by atoms with Gasteiger partial charge >= 0.3 is 5.69 Å². The van der Waals surface area contributed by atoms with E-state index in [4.69, 9.17) is 10.5 Å². The van der Waals surface area contributed by atoms with Gasteiger partial charge in [0.25, 0.3) is 0 Å². The fraction of sp³-hybridized carbons (Fsp3) is 0.333. The van der Waals surface area contributed by atoms with Gasteiger partial charge in [-0.3, -0.25) is 0 Å². The van der Waals surface area contributed by atoms with Crippen LogP contribution in [0.15, 0.2) is 4.79 Å². The van der Waals surface area contributed by atoms with Gasteiger partial charge in [0, 0.05) is 5.56 Å². The van der Waals surface area contributed by atoms with Crippen molar-refractivity contribution in [3.05, 3.63) is 21.7 Å². The molecular weight excluding hydrogens is 146 g/mol. The third-order valence-corrected chi connectivity index (χ3v) is 1.65. The normalized spacial score (nSPS) is 14.9. The van der Waals surface area contributed by atoms with Gasteiger partial charge in [-0.1, -0.05) is 0 Å². The summed E-state index contributed by atoms with van der Waals surface area (Å²) < 4.78 is 5.06. The van der Waals surface area contributed by atoms with Crippen LogP contribution in [0.4, 0.5) is 5.82 Å². The molecule has 0 unspecified atom stereocenters. The van der Waals surface area contributed by atoms with E-state index in [1.165, 1.54) is 0 Å². The molecule has 2 heterocycles. The van der Waals surface area contributed by atoms with Crippen LogP contribution in [0.3, 0.4) is 0 Å². The monoisotopic (exact) mass is 153 g/mol. The van der Waals surface area contributed by atoms with Crippen LogP contribution in [-0.2, 0) is 18.0 Å². The lowest BCUT2D eigenvalue weighted by Crippen LogP contribution is -2.15. The van der Waals surface area contributed by atoms with E-state index in [-0.39, 0.29) is 5.82 Å². The van der Waals surface area contributed by atoms with Crippen molar-refractivity contribution in [2.45, 2.75) is 13.2 Å². The highest BCUT2D eigenvalue weighted by atomic mass is 16.5. The lowest BCUT2D eigenvalue weighted by molar-refractivity contribution is 0.133. The number of nitrogens with one attached hydrogen (secondary N) is 1. The Morgan fingerprint density at radius 2 is 2.36 bits per heavy atom. The van der Waals surface area contributed by atoms with E-state index in [1.807, 2.05) is 0 Å². The summed E-state index contributed by atoms with van der Waals surface area (Å²) in [5.41, 5.74) is 6.61. The van der Waals surface area contributed by atoms with Gasteiger partial charge in [-0.25, -0.2) is 4.79 Å². The zero-order chi connectivity index (χ0) is 7.84. The molecule has 0 aliphatic carbocycles. The highest BCUT2D eigenvalue weighted by molar-refractivity contribution is 5.41. The third-order valence-electron chi connectivity index (χ3n) is 1.65. The molecule has 5 heteroatoms. The van der Waals surface area contributed by atoms with Crippen LogP contribution in [0.5, 0.6) is 0 Å². The van der Waals surface area contributed by atoms with Gasteiger partial charge in [0.1, 0.15) is 5.82 Å². The third kappa shape index (κ3) is 0.894. The van der Waals surface area contributed by atoms with Gasteiger partial charge in [-0.2, -0.15) is 4.98 Å². The van der Waals surface area contributed by atoms with E-state index in [0.717, 1.165) is 11.3 Å². The number of aromatic amines is 1. The number of fused-ring (bicyclic) bond motifs is 1. The highest BCUT2D eigenvalue weighted by Gasteiger charge is 2.15. The number of hydrogen-bond donors (Lipinski definition) is 2. The quantitative estimate of drug-likeness (QED) is 0.520. The molecule has 3 N–H and O–H groups in total. The molecule has 0 bridgehead atoms. The Hall–Kier alpha value is -1.36. The number of ether oxygens (including phenoxy) is 1. The number of nitrogens with zero attached hydrogens (tertiary/aromatic N) is 1. The summed E-state index contributed by atoms with van der Waals surface area (Å²) in [6.07, 6.45) is 0. The van der Waals surface area contributed by atoms with E-state index in [9.17, 15) is 4.79 Å². The Labute approximate surface area is 62.2 Å². The first-order valence-electron chi connectivity index (χ1n) is 3.22. The van der Waals surface area contributed by atoms with Crippen molar-refractivity contribution in [2.75, 3.05) is 5.73 Å². The molecule has 1 aromatic rings. The van der Waals surface area contributed by atoms with Crippen molar-refractivity contribution in [3.8, 4) is 0 Å². The van der Waals surface area contributed by atoms with E-state index in [1.54, 1.807) is 0 Å². The van der Waals surface area contributed by atoms with Gasteiger partial charge in [-0.05, 0) is 0 Å². The summed E-state index contributed by atoms with van der Waals surface area (Å²) in [5, 5.41) is 0. The SMILES string of the molecule is Nc1nc(=O)[nH]c2c1COC2. The van der Waals surface area contributed by atoms with Gasteiger partial charge in [0.2, 0.25) is 0 Å². The summed E-state index contributed by atoms with van der Waals surface area (Å²) >= 11 is 0. The Bertz CT molecular complexity index is 344. The zero-order valence-corrected chi connectivity index (χ0v) is 5.76. The molecule has 58 valence electrons. The highest BCUT2D eigenvalue weighted by Crippen LogP contribution is 2.19. The lowest BCUT2D eigenvalue weighted by atomic mass is 10.2. The van der Waals surface area contributed by atoms with Crippen molar-refractivity contribution in [2.24, 2.45) is 0 Å². The second kappa shape index (κ2) is 2.06. The van der Waals surface area contributed by atoms with Crippen molar-refractivity contribution in [3.63, 3.8) is 0 Å². The summed E-state index contributed by atoms with van der Waals surface area (Å²) in [6.45, 7) is 0.877. The second-order valence-electron chi connectivity index (χ2n) is 2.38. The van der Waals surface area contributed by atoms with E-state index >= 15 is 0 Å². The average Bonchev–Trinajstić information content (AvgIpc) is 2.34. The molecule has 11 heavy (non-hydrogen) atoms. The van der Waals surface area contributed by atoms with E-state index in [0.29, 0.717) is 13.2 Å². The average molecular weight is 153 g/mol. The van der Waals surface area contributed by atoms with Crippen molar-refractivity contribution in [1.82, 2.24) is 9.97 Å². The summed E-state index contributed by atoms with van der Waals surface area (Å²) in [5.74, 6) is 0.279. The minimum Gasteiger partial charge on any atom is -0.383 e. The Balaban J connectivity index is 2.70. The molecule has 1 aliphatic heterocycles. The Morgan fingerprint density at radius 3 is 3.18 bits per heavy atom. The maximum Gasteiger partial charge on any atom is 0.347 e. The van der Waals surface area contributed by atoms with Crippen LogP contribution >= 0.6 is 0 Å². The second-order valence-corrected chi connectivity index (χ2v) is 2.38. The molecule has 5 nitrogen and oxygen atoms in total. The molecule has 2 rings (SSSR count). The first-order chi connectivity index (χ1) is 5.27. The van der Waals surface area contributed by atoms with Gasteiger partial charge < -0.3 is 15.5 Å². The minimum atomic E-state index is -0.410. The first kappa shape index (κ1) is 6.36. The van der Waals surface area contributed by atoms with Gasteiger partial charge in [0.05, 0.1) is 18.9 Å². The number of rotatable bonds is 0. The Kier molecular flexibility index (Phi) is 1.19. The van der Waals surface area contributed by atoms with Crippen LogP contribution in [0.1, 0.15) is 11.3 Å². The first-order valence-corrected chi connectivity index (χ1v) is 3.22. The molecule has 0 atom stereocenters. The van der Waals surface area contributed by atoms with Crippen LogP contribution in [0, 0.1) is 0 Å². The van der Waals surface area contributed by atoms with Gasteiger partial charge in [-0.15, -0.1) is 0 Å². The van der Waals surface area contributed by atoms with Crippen molar-refractivity contribution in [1.29, 1.82) is 0 Å². The van der Waals surface area contributed by atoms with Crippen LogP contribution < -0.4 is 11.4 Å². The molecule has 0 spiro atoms. The summed E-state index contributed by atoms with van der Waals surface area (Å²) in [4.78, 5) is 16.8. The fourth-order valence-corrected chi connectivity index (χ4v) is 1.10. The van der Waals surface area contributed by atoms with Crippen molar-refractivity contribution < 1.29 is 4.74 Å². The molecule has 1 aliphatic rings. The topological polar surface area (TPSA) is 81.0 Å². The molecule has 0 radical (unpaired) electrons. The standard InChI is InChI=1S/C6H7N3O2/c7-5-3-1-11-2-4(3)8-6(10)9-5/h1-2H2,(H3,7,8,9,10). The number of nitrogens with two attached hydrogens (primary N) is 1. The molecular formula is C6H7N3O2. The number of anilines is 1. The molecule has 0 amide bonds.